The van der Waals surface area contributed by atoms with Gasteiger partial charge in [0.25, 0.3) is 0 Å². The van der Waals surface area contributed by atoms with Crippen LogP contribution >= 0.6 is 23.4 Å². The number of rotatable bonds is 2. The van der Waals surface area contributed by atoms with E-state index in [2.05, 4.69) is 9.97 Å². The monoisotopic (exact) mass is 251 g/mol. The highest BCUT2D eigenvalue weighted by Gasteiger charge is 2.03. The van der Waals surface area contributed by atoms with Crippen LogP contribution in [0.4, 0.5) is 5.95 Å². The van der Waals surface area contributed by atoms with Crippen molar-refractivity contribution in [2.45, 2.75) is 4.90 Å². The smallest absolute Gasteiger partial charge is 0.221 e. The fraction of sp³-hybridized carbons (Fsp3) is 0.0909. The minimum Gasteiger partial charge on any atom is -0.368 e. The van der Waals surface area contributed by atoms with E-state index < -0.39 is 0 Å². The molecular weight excluding hydrogens is 242 g/mol. The second kappa shape index (κ2) is 4.72. The van der Waals surface area contributed by atoms with Crippen molar-refractivity contribution in [3.8, 4) is 11.3 Å². The lowest BCUT2D eigenvalue weighted by Crippen LogP contribution is -1.96. The SMILES string of the molecule is CSc1ccc(-c2cc(Cl)nc(N)n2)cc1. The number of hydrogen-bond donors (Lipinski definition) is 1. The molecular formula is C11H10ClN3S. The number of hydrogen-bond acceptors (Lipinski definition) is 4. The van der Waals surface area contributed by atoms with E-state index in [1.165, 1.54) is 4.90 Å². The molecule has 0 spiro atoms. The average Bonchev–Trinajstić information content (AvgIpc) is 2.28. The van der Waals surface area contributed by atoms with Gasteiger partial charge in [0.15, 0.2) is 0 Å². The summed E-state index contributed by atoms with van der Waals surface area (Å²) >= 11 is 7.52. The van der Waals surface area contributed by atoms with Crippen LogP contribution in [0.5, 0.6) is 0 Å². The summed E-state index contributed by atoms with van der Waals surface area (Å²) in [6, 6.07) is 9.75. The van der Waals surface area contributed by atoms with Crippen LogP contribution < -0.4 is 5.73 Å². The van der Waals surface area contributed by atoms with Crippen molar-refractivity contribution in [1.29, 1.82) is 0 Å². The molecule has 0 aliphatic rings. The fourth-order valence-corrected chi connectivity index (χ4v) is 1.94. The quantitative estimate of drug-likeness (QED) is 0.658. The van der Waals surface area contributed by atoms with E-state index in [1.54, 1.807) is 17.8 Å². The maximum Gasteiger partial charge on any atom is 0.221 e. The average molecular weight is 252 g/mol. The first-order valence-corrected chi connectivity index (χ1v) is 6.24. The van der Waals surface area contributed by atoms with E-state index in [0.717, 1.165) is 11.3 Å². The van der Waals surface area contributed by atoms with Gasteiger partial charge in [0.1, 0.15) is 5.15 Å². The lowest BCUT2D eigenvalue weighted by atomic mass is 10.1. The molecule has 1 aromatic heterocycles. The van der Waals surface area contributed by atoms with Gasteiger partial charge < -0.3 is 5.73 Å². The van der Waals surface area contributed by atoms with Crippen molar-refractivity contribution in [2.75, 3.05) is 12.0 Å². The van der Waals surface area contributed by atoms with Crippen LogP contribution in [0.15, 0.2) is 35.2 Å². The molecule has 0 saturated heterocycles. The molecule has 16 heavy (non-hydrogen) atoms. The lowest BCUT2D eigenvalue weighted by Gasteiger charge is -2.03. The van der Waals surface area contributed by atoms with E-state index in [0.29, 0.717) is 5.15 Å². The molecule has 3 nitrogen and oxygen atoms in total. The first-order valence-electron chi connectivity index (χ1n) is 4.63. The highest BCUT2D eigenvalue weighted by molar-refractivity contribution is 7.98. The minimum absolute atomic E-state index is 0.191. The van der Waals surface area contributed by atoms with Crippen LogP contribution in [-0.2, 0) is 0 Å². The van der Waals surface area contributed by atoms with Crippen LogP contribution in [0.2, 0.25) is 5.15 Å². The molecule has 0 radical (unpaired) electrons. The zero-order valence-corrected chi connectivity index (χ0v) is 10.2. The van der Waals surface area contributed by atoms with E-state index in [-0.39, 0.29) is 5.95 Å². The minimum atomic E-state index is 0.191. The summed E-state index contributed by atoms with van der Waals surface area (Å²) < 4.78 is 0. The van der Waals surface area contributed by atoms with Gasteiger partial charge in [0.2, 0.25) is 5.95 Å². The lowest BCUT2D eigenvalue weighted by molar-refractivity contribution is 1.19. The number of halogens is 1. The first kappa shape index (κ1) is 11.2. The van der Waals surface area contributed by atoms with Crippen molar-refractivity contribution in [3.63, 3.8) is 0 Å². The largest absolute Gasteiger partial charge is 0.368 e. The van der Waals surface area contributed by atoms with E-state index >= 15 is 0 Å². The maximum absolute atomic E-state index is 5.82. The van der Waals surface area contributed by atoms with Gasteiger partial charge in [-0.3, -0.25) is 0 Å². The number of nitrogens with zero attached hydrogens (tertiary/aromatic N) is 2. The van der Waals surface area contributed by atoms with Gasteiger partial charge in [-0.05, 0) is 18.4 Å². The third-order valence-corrected chi connectivity index (χ3v) is 3.04. The highest BCUT2D eigenvalue weighted by Crippen LogP contribution is 2.23. The van der Waals surface area contributed by atoms with E-state index in [9.17, 15) is 0 Å². The molecule has 1 heterocycles. The van der Waals surface area contributed by atoms with E-state index in [1.807, 2.05) is 30.5 Å². The molecule has 0 aliphatic heterocycles. The molecule has 2 N–H and O–H groups in total. The summed E-state index contributed by atoms with van der Waals surface area (Å²) in [7, 11) is 0. The normalized spacial score (nSPS) is 10.4. The zero-order chi connectivity index (χ0) is 11.5. The van der Waals surface area contributed by atoms with Gasteiger partial charge in [-0.15, -0.1) is 11.8 Å². The molecule has 0 atom stereocenters. The number of nitrogen functional groups attached to an aromatic ring is 1. The number of anilines is 1. The van der Waals surface area contributed by atoms with Gasteiger partial charge >= 0.3 is 0 Å². The first-order chi connectivity index (χ1) is 7.69. The Hall–Kier alpha value is -1.26. The van der Waals surface area contributed by atoms with Gasteiger partial charge in [-0.25, -0.2) is 9.97 Å². The van der Waals surface area contributed by atoms with Gasteiger partial charge in [0, 0.05) is 16.5 Å². The Balaban J connectivity index is 2.42. The molecule has 0 unspecified atom stereocenters. The predicted molar refractivity (Wildman–Crippen MR) is 68.7 cm³/mol. The summed E-state index contributed by atoms with van der Waals surface area (Å²) in [5.41, 5.74) is 7.26. The zero-order valence-electron chi connectivity index (χ0n) is 8.64. The number of benzene rings is 1. The van der Waals surface area contributed by atoms with Gasteiger partial charge in [-0.1, -0.05) is 23.7 Å². The standard InChI is InChI=1S/C11H10ClN3S/c1-16-8-4-2-7(3-5-8)9-6-10(12)15-11(13)14-9/h2-6H,1H3,(H2,13,14,15). The molecule has 5 heteroatoms. The van der Waals surface area contributed by atoms with Crippen LogP contribution in [0.1, 0.15) is 0 Å². The fourth-order valence-electron chi connectivity index (χ4n) is 1.34. The number of aromatic nitrogens is 2. The molecule has 2 aromatic rings. The summed E-state index contributed by atoms with van der Waals surface area (Å²) in [5.74, 6) is 0.191. The maximum atomic E-state index is 5.82. The van der Waals surface area contributed by atoms with E-state index in [4.69, 9.17) is 17.3 Å². The summed E-state index contributed by atoms with van der Waals surface area (Å²) in [5, 5.41) is 0.358. The van der Waals surface area contributed by atoms with Crippen molar-refractivity contribution < 1.29 is 0 Å². The molecule has 0 aliphatic carbocycles. The summed E-state index contributed by atoms with van der Waals surface area (Å²) in [6.45, 7) is 0. The third-order valence-electron chi connectivity index (χ3n) is 2.10. The van der Waals surface area contributed by atoms with Crippen LogP contribution in [-0.4, -0.2) is 16.2 Å². The second-order valence-electron chi connectivity index (χ2n) is 3.16. The van der Waals surface area contributed by atoms with Gasteiger partial charge in [0.05, 0.1) is 5.69 Å². The third kappa shape index (κ3) is 2.46. The molecule has 82 valence electrons. The number of nitrogens with two attached hydrogens (primary N) is 1. The molecule has 0 fully saturated rings. The van der Waals surface area contributed by atoms with Crippen LogP contribution in [0, 0.1) is 0 Å². The topological polar surface area (TPSA) is 51.8 Å². The van der Waals surface area contributed by atoms with Crippen molar-refractivity contribution in [2.24, 2.45) is 0 Å². The Morgan fingerprint density at radius 3 is 2.44 bits per heavy atom. The summed E-state index contributed by atoms with van der Waals surface area (Å²) in [6.07, 6.45) is 2.04. The van der Waals surface area contributed by atoms with Crippen LogP contribution in [0.25, 0.3) is 11.3 Å². The van der Waals surface area contributed by atoms with Crippen LogP contribution in [0.3, 0.4) is 0 Å². The molecule has 2 rings (SSSR count). The Morgan fingerprint density at radius 2 is 1.88 bits per heavy atom. The Labute approximate surface area is 103 Å². The molecule has 0 saturated carbocycles. The molecule has 0 bridgehead atoms. The number of thioether (sulfide) groups is 1. The van der Waals surface area contributed by atoms with Crippen molar-refractivity contribution in [1.82, 2.24) is 9.97 Å². The second-order valence-corrected chi connectivity index (χ2v) is 4.43. The van der Waals surface area contributed by atoms with Crippen molar-refractivity contribution in [3.05, 3.63) is 35.5 Å². The molecule has 1 aromatic carbocycles. The predicted octanol–water partition coefficient (Wildman–Crippen LogP) is 3.10. The molecule has 0 amide bonds. The van der Waals surface area contributed by atoms with Gasteiger partial charge in [-0.2, -0.15) is 0 Å². The Morgan fingerprint density at radius 1 is 1.19 bits per heavy atom. The van der Waals surface area contributed by atoms with Crippen molar-refractivity contribution >= 4 is 29.3 Å². The Kier molecular flexibility index (Phi) is 3.31. The summed E-state index contributed by atoms with van der Waals surface area (Å²) in [4.78, 5) is 9.16. The Bertz CT molecular complexity index is 479. The highest BCUT2D eigenvalue weighted by atomic mass is 35.5.